The second kappa shape index (κ2) is 7.39. The third-order valence-corrected chi connectivity index (χ3v) is 5.20. The van der Waals surface area contributed by atoms with Crippen LogP contribution in [-0.2, 0) is 13.0 Å². The average Bonchev–Trinajstić information content (AvgIpc) is 3.00. The summed E-state index contributed by atoms with van der Waals surface area (Å²) in [4.78, 5) is 9.24. The van der Waals surface area contributed by atoms with Gasteiger partial charge in [-0.3, -0.25) is 0 Å². The molecule has 27 heavy (non-hydrogen) atoms. The number of unbranched alkanes of at least 4 members (excludes halogenated alkanes) is 2. The Hall–Kier alpha value is -2.88. The summed E-state index contributed by atoms with van der Waals surface area (Å²) in [7, 11) is 0. The van der Waals surface area contributed by atoms with Crippen molar-refractivity contribution < 1.29 is 0 Å². The van der Waals surface area contributed by atoms with Crippen LogP contribution in [0.2, 0.25) is 0 Å². The molecule has 138 valence electrons. The molecule has 4 rings (SSSR count). The van der Waals surface area contributed by atoms with Crippen LogP contribution in [0.4, 0.5) is 5.82 Å². The summed E-state index contributed by atoms with van der Waals surface area (Å²) in [6, 6.07) is 17.1. The van der Waals surface area contributed by atoms with Gasteiger partial charge in [-0.05, 0) is 37.0 Å². The van der Waals surface area contributed by atoms with Gasteiger partial charge >= 0.3 is 0 Å². The highest BCUT2D eigenvalue weighted by Gasteiger charge is 2.15. The summed E-state index contributed by atoms with van der Waals surface area (Å²) in [5.41, 5.74) is 11.7. The Bertz CT molecular complexity index is 1090. The van der Waals surface area contributed by atoms with Crippen LogP contribution in [-0.4, -0.2) is 14.5 Å². The van der Waals surface area contributed by atoms with Crippen LogP contribution in [0.15, 0.2) is 48.5 Å². The van der Waals surface area contributed by atoms with E-state index in [0.29, 0.717) is 5.82 Å². The van der Waals surface area contributed by atoms with Crippen molar-refractivity contribution >= 4 is 27.8 Å². The maximum absolute atomic E-state index is 6.20. The number of nitrogens with zero attached hydrogens (tertiary/aromatic N) is 3. The first-order valence-electron chi connectivity index (χ1n) is 9.76. The van der Waals surface area contributed by atoms with Crippen LogP contribution in [0.25, 0.3) is 21.9 Å². The van der Waals surface area contributed by atoms with E-state index in [0.717, 1.165) is 40.7 Å². The van der Waals surface area contributed by atoms with Crippen molar-refractivity contribution in [2.75, 3.05) is 5.73 Å². The minimum atomic E-state index is 0.499. The largest absolute Gasteiger partial charge is 0.382 e. The zero-order valence-corrected chi connectivity index (χ0v) is 16.1. The number of hydrogen-bond acceptors (Lipinski definition) is 3. The SMILES string of the molecule is CCCCCc1cccc(Cn2c(C)nc3c(N)nc4ccccc4c32)c1. The minimum absolute atomic E-state index is 0.499. The molecule has 4 heteroatoms. The lowest BCUT2D eigenvalue weighted by Crippen LogP contribution is -2.03. The van der Waals surface area contributed by atoms with Crippen LogP contribution in [0.5, 0.6) is 0 Å². The predicted octanol–water partition coefficient (Wildman–Crippen LogP) is 5.26. The van der Waals surface area contributed by atoms with E-state index in [1.54, 1.807) is 0 Å². The molecule has 2 aromatic carbocycles. The Morgan fingerprint density at radius 3 is 2.63 bits per heavy atom. The third kappa shape index (κ3) is 3.39. The molecule has 0 saturated carbocycles. The fourth-order valence-corrected chi connectivity index (χ4v) is 3.81. The van der Waals surface area contributed by atoms with Crippen LogP contribution < -0.4 is 5.73 Å². The summed E-state index contributed by atoms with van der Waals surface area (Å²) < 4.78 is 2.26. The van der Waals surface area contributed by atoms with Crippen LogP contribution in [0.3, 0.4) is 0 Å². The van der Waals surface area contributed by atoms with E-state index in [1.165, 1.54) is 30.4 Å². The second-order valence-electron chi connectivity index (χ2n) is 7.23. The van der Waals surface area contributed by atoms with Crippen molar-refractivity contribution in [3.05, 3.63) is 65.5 Å². The van der Waals surface area contributed by atoms with E-state index >= 15 is 0 Å². The monoisotopic (exact) mass is 358 g/mol. The van der Waals surface area contributed by atoms with Crippen LogP contribution >= 0.6 is 0 Å². The molecular formula is C23H26N4. The van der Waals surface area contributed by atoms with E-state index in [4.69, 9.17) is 10.7 Å². The lowest BCUT2D eigenvalue weighted by atomic mass is 10.0. The molecule has 2 heterocycles. The summed E-state index contributed by atoms with van der Waals surface area (Å²) >= 11 is 0. The van der Waals surface area contributed by atoms with E-state index in [-0.39, 0.29) is 0 Å². The number of fused-ring (bicyclic) bond motifs is 3. The fourth-order valence-electron chi connectivity index (χ4n) is 3.81. The van der Waals surface area contributed by atoms with Crippen molar-refractivity contribution in [1.82, 2.24) is 14.5 Å². The lowest BCUT2D eigenvalue weighted by molar-refractivity contribution is 0.715. The number of para-hydroxylation sites is 1. The Kier molecular flexibility index (Phi) is 4.80. The number of imidazole rings is 1. The molecule has 0 radical (unpaired) electrons. The molecule has 0 atom stereocenters. The third-order valence-electron chi connectivity index (χ3n) is 5.20. The molecule has 0 saturated heterocycles. The summed E-state index contributed by atoms with van der Waals surface area (Å²) in [6.07, 6.45) is 4.93. The van der Waals surface area contributed by atoms with Crippen LogP contribution in [0.1, 0.15) is 43.1 Å². The van der Waals surface area contributed by atoms with Gasteiger partial charge in [-0.15, -0.1) is 0 Å². The number of pyridine rings is 1. The standard InChI is InChI=1S/C23H26N4/c1-3-4-5-9-17-10-8-11-18(14-17)15-27-16(2)25-21-22(27)19-12-6-7-13-20(19)26-23(21)24/h6-8,10-14H,3-5,9,15H2,1-2H3,(H2,24,26). The van der Waals surface area contributed by atoms with Crippen LogP contribution in [0, 0.1) is 6.92 Å². The number of aryl methyl sites for hydroxylation is 2. The highest BCUT2D eigenvalue weighted by atomic mass is 15.1. The molecule has 0 unspecified atom stereocenters. The molecule has 4 aromatic rings. The van der Waals surface area contributed by atoms with Gasteiger partial charge in [0.15, 0.2) is 5.82 Å². The zero-order valence-electron chi connectivity index (χ0n) is 16.1. The summed E-state index contributed by atoms with van der Waals surface area (Å²) in [5.74, 6) is 1.46. The Balaban J connectivity index is 1.76. The smallest absolute Gasteiger partial charge is 0.152 e. The van der Waals surface area contributed by atoms with Crippen molar-refractivity contribution in [2.45, 2.75) is 46.1 Å². The topological polar surface area (TPSA) is 56.7 Å². The summed E-state index contributed by atoms with van der Waals surface area (Å²) in [6.45, 7) is 5.07. The van der Waals surface area contributed by atoms with Gasteiger partial charge in [0.1, 0.15) is 11.3 Å². The number of anilines is 1. The first-order valence-corrected chi connectivity index (χ1v) is 9.76. The van der Waals surface area contributed by atoms with Gasteiger partial charge in [0, 0.05) is 11.9 Å². The molecule has 2 aromatic heterocycles. The molecule has 0 aliphatic rings. The second-order valence-corrected chi connectivity index (χ2v) is 7.23. The number of rotatable bonds is 6. The van der Waals surface area contributed by atoms with Gasteiger partial charge in [0.25, 0.3) is 0 Å². The first kappa shape index (κ1) is 17.5. The molecular weight excluding hydrogens is 332 g/mol. The fraction of sp³-hybridized carbons (Fsp3) is 0.304. The highest BCUT2D eigenvalue weighted by Crippen LogP contribution is 2.29. The molecule has 2 N–H and O–H groups in total. The average molecular weight is 358 g/mol. The van der Waals surface area contributed by atoms with E-state index in [1.807, 2.05) is 25.1 Å². The Morgan fingerprint density at radius 1 is 0.963 bits per heavy atom. The van der Waals surface area contributed by atoms with Crippen molar-refractivity contribution in [3.8, 4) is 0 Å². The van der Waals surface area contributed by atoms with Crippen molar-refractivity contribution in [2.24, 2.45) is 0 Å². The molecule has 0 aliphatic heterocycles. The molecule has 0 amide bonds. The minimum Gasteiger partial charge on any atom is -0.382 e. The van der Waals surface area contributed by atoms with Crippen molar-refractivity contribution in [3.63, 3.8) is 0 Å². The normalized spacial score (nSPS) is 11.5. The molecule has 0 aliphatic carbocycles. The van der Waals surface area contributed by atoms with Gasteiger partial charge < -0.3 is 10.3 Å². The molecule has 0 fully saturated rings. The maximum Gasteiger partial charge on any atom is 0.152 e. The first-order chi connectivity index (χ1) is 13.2. The number of benzene rings is 2. The Labute approximate surface area is 160 Å². The highest BCUT2D eigenvalue weighted by molar-refractivity contribution is 6.06. The van der Waals surface area contributed by atoms with E-state index in [2.05, 4.69) is 46.8 Å². The Morgan fingerprint density at radius 2 is 1.78 bits per heavy atom. The molecule has 0 bridgehead atoms. The van der Waals surface area contributed by atoms with Crippen molar-refractivity contribution in [1.29, 1.82) is 0 Å². The number of nitrogen functional groups attached to an aromatic ring is 1. The van der Waals surface area contributed by atoms with Gasteiger partial charge in [-0.1, -0.05) is 62.2 Å². The van der Waals surface area contributed by atoms with Gasteiger partial charge in [-0.25, -0.2) is 9.97 Å². The molecule has 4 nitrogen and oxygen atoms in total. The number of hydrogen-bond donors (Lipinski definition) is 1. The quantitative estimate of drug-likeness (QED) is 0.479. The summed E-state index contributed by atoms with van der Waals surface area (Å²) in [5, 5.41) is 1.10. The predicted molar refractivity (Wildman–Crippen MR) is 113 cm³/mol. The number of aromatic nitrogens is 3. The van der Waals surface area contributed by atoms with Gasteiger partial charge in [-0.2, -0.15) is 0 Å². The van der Waals surface area contributed by atoms with Gasteiger partial charge in [0.05, 0.1) is 11.0 Å². The van der Waals surface area contributed by atoms with Gasteiger partial charge in [0.2, 0.25) is 0 Å². The number of nitrogens with two attached hydrogens (primary N) is 1. The maximum atomic E-state index is 6.20. The molecule has 0 spiro atoms. The van der Waals surface area contributed by atoms with E-state index < -0.39 is 0 Å². The zero-order chi connectivity index (χ0) is 18.8. The lowest BCUT2D eigenvalue weighted by Gasteiger charge is -2.11. The van der Waals surface area contributed by atoms with E-state index in [9.17, 15) is 0 Å².